The number of hydrogen-bond acceptors (Lipinski definition) is 3. The van der Waals surface area contributed by atoms with Crippen LogP contribution in [0.1, 0.15) is 12.8 Å². The molecule has 0 radical (unpaired) electrons. The van der Waals surface area contributed by atoms with Crippen LogP contribution in [-0.2, 0) is 4.79 Å². The predicted octanol–water partition coefficient (Wildman–Crippen LogP) is 4.39. The van der Waals surface area contributed by atoms with E-state index in [0.29, 0.717) is 23.2 Å². The van der Waals surface area contributed by atoms with Crippen LogP contribution in [0, 0.1) is 5.82 Å². The van der Waals surface area contributed by atoms with Gasteiger partial charge in [-0.3, -0.25) is 4.79 Å². The van der Waals surface area contributed by atoms with Crippen molar-refractivity contribution in [3.8, 4) is 11.5 Å². The molecule has 0 aliphatic carbocycles. The molecule has 2 aromatic rings. The van der Waals surface area contributed by atoms with Gasteiger partial charge in [-0.05, 0) is 48.9 Å². The maximum absolute atomic E-state index is 13.6. The van der Waals surface area contributed by atoms with Gasteiger partial charge in [-0.2, -0.15) is 0 Å². The quantitative estimate of drug-likeness (QED) is 0.723. The molecule has 23 heavy (non-hydrogen) atoms. The van der Waals surface area contributed by atoms with Gasteiger partial charge in [0.05, 0.1) is 19.4 Å². The van der Waals surface area contributed by atoms with Gasteiger partial charge < -0.3 is 14.8 Å². The van der Waals surface area contributed by atoms with Crippen LogP contribution in [0.25, 0.3) is 0 Å². The molecule has 122 valence electrons. The van der Waals surface area contributed by atoms with Crippen LogP contribution < -0.4 is 14.8 Å². The second kappa shape index (κ2) is 8.53. The highest BCUT2D eigenvalue weighted by molar-refractivity contribution is 9.10. The molecule has 0 saturated carbocycles. The van der Waals surface area contributed by atoms with Crippen molar-refractivity contribution in [3.05, 3.63) is 52.8 Å². The van der Waals surface area contributed by atoms with Crippen molar-refractivity contribution in [1.82, 2.24) is 0 Å². The maximum atomic E-state index is 13.6. The summed E-state index contributed by atoms with van der Waals surface area (Å²) in [6.45, 7) is 0.405. The zero-order valence-corrected chi connectivity index (χ0v) is 14.2. The first-order valence-electron chi connectivity index (χ1n) is 7.10. The second-order valence-corrected chi connectivity index (χ2v) is 5.72. The normalized spacial score (nSPS) is 10.2. The molecular weight excluding hydrogens is 365 g/mol. The van der Waals surface area contributed by atoms with Gasteiger partial charge in [-0.1, -0.05) is 15.9 Å². The van der Waals surface area contributed by atoms with Gasteiger partial charge in [-0.25, -0.2) is 4.39 Å². The first kappa shape index (κ1) is 17.3. The first-order chi connectivity index (χ1) is 11.1. The summed E-state index contributed by atoms with van der Waals surface area (Å²) in [6, 6.07) is 11.7. The summed E-state index contributed by atoms with van der Waals surface area (Å²) in [4.78, 5) is 11.8. The third kappa shape index (κ3) is 5.56. The number of carbonyl (C=O) groups excluding carboxylic acids is 1. The van der Waals surface area contributed by atoms with Gasteiger partial charge >= 0.3 is 0 Å². The highest BCUT2D eigenvalue weighted by Gasteiger charge is 2.07. The lowest BCUT2D eigenvalue weighted by Crippen LogP contribution is -2.13. The van der Waals surface area contributed by atoms with E-state index in [0.717, 1.165) is 5.75 Å². The summed E-state index contributed by atoms with van der Waals surface area (Å²) >= 11 is 3.17. The van der Waals surface area contributed by atoms with Gasteiger partial charge in [0.2, 0.25) is 5.91 Å². The molecule has 1 amide bonds. The minimum absolute atomic E-state index is 0.175. The minimum Gasteiger partial charge on any atom is -0.497 e. The maximum Gasteiger partial charge on any atom is 0.224 e. The zero-order valence-electron chi connectivity index (χ0n) is 12.6. The molecule has 0 heterocycles. The van der Waals surface area contributed by atoms with E-state index in [-0.39, 0.29) is 18.0 Å². The highest BCUT2D eigenvalue weighted by Crippen LogP contribution is 2.20. The van der Waals surface area contributed by atoms with Crippen LogP contribution in [0.4, 0.5) is 10.1 Å². The highest BCUT2D eigenvalue weighted by atomic mass is 79.9. The number of nitrogens with one attached hydrogen (secondary N) is 1. The summed E-state index contributed by atoms with van der Waals surface area (Å²) in [5.74, 6) is 0.755. The molecule has 1 N–H and O–H groups in total. The number of methoxy groups -OCH3 is 1. The van der Waals surface area contributed by atoms with E-state index in [9.17, 15) is 9.18 Å². The number of halogens is 2. The Morgan fingerprint density at radius 1 is 1.17 bits per heavy atom. The number of rotatable bonds is 7. The predicted molar refractivity (Wildman–Crippen MR) is 90.5 cm³/mol. The molecule has 4 nitrogen and oxygen atoms in total. The molecule has 0 fully saturated rings. The van der Waals surface area contributed by atoms with Gasteiger partial charge in [-0.15, -0.1) is 0 Å². The van der Waals surface area contributed by atoms with Crippen LogP contribution in [0.5, 0.6) is 11.5 Å². The Kier molecular flexibility index (Phi) is 6.40. The van der Waals surface area contributed by atoms with E-state index >= 15 is 0 Å². The summed E-state index contributed by atoms with van der Waals surface area (Å²) < 4.78 is 24.8. The Hall–Kier alpha value is -2.08. The zero-order chi connectivity index (χ0) is 16.7. The van der Waals surface area contributed by atoms with E-state index < -0.39 is 5.82 Å². The van der Waals surface area contributed by atoms with E-state index in [4.69, 9.17) is 9.47 Å². The number of amides is 1. The van der Waals surface area contributed by atoms with E-state index in [1.54, 1.807) is 37.4 Å². The van der Waals surface area contributed by atoms with E-state index in [1.165, 1.54) is 12.1 Å². The van der Waals surface area contributed by atoms with Crippen molar-refractivity contribution in [3.63, 3.8) is 0 Å². The number of carbonyl (C=O) groups is 1. The monoisotopic (exact) mass is 381 g/mol. The van der Waals surface area contributed by atoms with E-state index in [1.807, 2.05) is 0 Å². The standard InChI is InChI=1S/C17H17BrFNO3/c1-22-13-5-7-14(8-6-13)23-10-2-3-17(21)20-16-9-4-12(18)11-15(16)19/h4-9,11H,2-3,10H2,1H3,(H,20,21). The van der Waals surface area contributed by atoms with Gasteiger partial charge in [0.1, 0.15) is 17.3 Å². The Balaban J connectivity index is 1.72. The van der Waals surface area contributed by atoms with Crippen molar-refractivity contribution in [1.29, 1.82) is 0 Å². The average Bonchev–Trinajstić information content (AvgIpc) is 2.55. The molecule has 0 unspecified atom stereocenters. The second-order valence-electron chi connectivity index (χ2n) is 4.80. The van der Waals surface area contributed by atoms with Gasteiger partial charge in [0, 0.05) is 10.9 Å². The summed E-state index contributed by atoms with van der Waals surface area (Å²) in [7, 11) is 1.60. The Morgan fingerprint density at radius 2 is 1.87 bits per heavy atom. The smallest absolute Gasteiger partial charge is 0.224 e. The number of ether oxygens (including phenoxy) is 2. The van der Waals surface area contributed by atoms with Gasteiger partial charge in [0.25, 0.3) is 0 Å². The van der Waals surface area contributed by atoms with Crippen LogP contribution in [-0.4, -0.2) is 19.6 Å². The van der Waals surface area contributed by atoms with E-state index in [2.05, 4.69) is 21.2 Å². The summed E-state index contributed by atoms with van der Waals surface area (Å²) in [5, 5.41) is 2.54. The Morgan fingerprint density at radius 3 is 2.52 bits per heavy atom. The molecule has 0 aliphatic rings. The molecule has 0 spiro atoms. The summed E-state index contributed by atoms with van der Waals surface area (Å²) in [6.07, 6.45) is 0.793. The van der Waals surface area contributed by atoms with Gasteiger partial charge in [0.15, 0.2) is 0 Å². The molecule has 2 rings (SSSR count). The fourth-order valence-electron chi connectivity index (χ4n) is 1.90. The van der Waals surface area contributed by atoms with Crippen molar-refractivity contribution in [2.45, 2.75) is 12.8 Å². The lowest BCUT2D eigenvalue weighted by atomic mass is 10.2. The third-order valence-corrected chi connectivity index (χ3v) is 3.57. The fourth-order valence-corrected chi connectivity index (χ4v) is 2.23. The van der Waals surface area contributed by atoms with Crippen molar-refractivity contribution in [2.24, 2.45) is 0 Å². The Labute approximate surface area is 142 Å². The molecule has 0 aliphatic heterocycles. The molecule has 0 saturated heterocycles. The third-order valence-electron chi connectivity index (χ3n) is 3.08. The van der Waals surface area contributed by atoms with Crippen LogP contribution >= 0.6 is 15.9 Å². The molecule has 0 atom stereocenters. The molecule has 0 aromatic heterocycles. The molecule has 2 aromatic carbocycles. The number of hydrogen-bond donors (Lipinski definition) is 1. The lowest BCUT2D eigenvalue weighted by molar-refractivity contribution is -0.116. The average molecular weight is 382 g/mol. The first-order valence-corrected chi connectivity index (χ1v) is 7.89. The number of anilines is 1. The van der Waals surface area contributed by atoms with Crippen molar-refractivity contribution >= 4 is 27.5 Å². The fraction of sp³-hybridized carbons (Fsp3) is 0.235. The van der Waals surface area contributed by atoms with Crippen molar-refractivity contribution in [2.75, 3.05) is 19.0 Å². The minimum atomic E-state index is -0.470. The molecule has 6 heteroatoms. The molecular formula is C17H17BrFNO3. The van der Waals surface area contributed by atoms with Crippen LogP contribution in [0.3, 0.4) is 0 Å². The summed E-state index contributed by atoms with van der Waals surface area (Å²) in [5.41, 5.74) is 0.175. The SMILES string of the molecule is COc1ccc(OCCCC(=O)Nc2ccc(Br)cc2F)cc1. The molecule has 0 bridgehead atoms. The number of benzene rings is 2. The topological polar surface area (TPSA) is 47.6 Å². The van der Waals surface area contributed by atoms with Crippen LogP contribution in [0.15, 0.2) is 46.9 Å². The largest absolute Gasteiger partial charge is 0.497 e. The lowest BCUT2D eigenvalue weighted by Gasteiger charge is -2.08. The van der Waals surface area contributed by atoms with Crippen molar-refractivity contribution < 1.29 is 18.7 Å². The van der Waals surface area contributed by atoms with Crippen LogP contribution in [0.2, 0.25) is 0 Å². The Bertz CT molecular complexity index is 661.